The number of nitrogens with zero attached hydrogens (tertiary/aromatic N) is 1. The Morgan fingerprint density at radius 3 is 2.32 bits per heavy atom. The molecule has 0 saturated carbocycles. The summed E-state index contributed by atoms with van der Waals surface area (Å²) < 4.78 is 12.6. The molecule has 41 heavy (non-hydrogen) atoms. The zero-order chi connectivity index (χ0) is 31.8. The number of hydrogen-bond acceptors (Lipinski definition) is 8. The van der Waals surface area contributed by atoms with E-state index in [4.69, 9.17) is 25.9 Å². The maximum absolute atomic E-state index is 13.0. The van der Waals surface area contributed by atoms with Crippen LogP contribution in [0.5, 0.6) is 0 Å². The van der Waals surface area contributed by atoms with Crippen LogP contribution in [0, 0.1) is 24.2 Å². The summed E-state index contributed by atoms with van der Waals surface area (Å²) in [6.07, 6.45) is 2.62. The van der Waals surface area contributed by atoms with Gasteiger partial charge in [-0.2, -0.15) is 0 Å². The van der Waals surface area contributed by atoms with Gasteiger partial charge in [0.2, 0.25) is 0 Å². The molecule has 5 atom stereocenters. The molecule has 0 aliphatic heterocycles. The molecule has 10 heteroatoms. The molecule has 1 aromatic heterocycles. The fraction of sp³-hybridized carbons (Fsp3) is 0.742. The Morgan fingerprint density at radius 2 is 1.80 bits per heavy atom. The molecule has 0 saturated heterocycles. The molecule has 236 valence electrons. The normalized spacial score (nSPS) is 17.7. The van der Waals surface area contributed by atoms with Gasteiger partial charge in [0.25, 0.3) is 0 Å². The van der Waals surface area contributed by atoms with Crippen LogP contribution in [0.4, 0.5) is 0 Å². The van der Waals surface area contributed by atoms with Crippen molar-refractivity contribution in [3.8, 4) is 0 Å². The molecule has 3 N–H and O–H groups in total. The second-order valence-corrected chi connectivity index (χ2v) is 19.6. The smallest absolute Gasteiger partial charge is 0.192 e. The summed E-state index contributed by atoms with van der Waals surface area (Å²) >= 11 is 8.17. The summed E-state index contributed by atoms with van der Waals surface area (Å²) in [6.45, 7) is 22.2. The molecular weight excluding hydrogens is 578 g/mol. The number of ether oxygens (including phenoxy) is 1. The minimum atomic E-state index is -2.06. The number of aliphatic hydroxyl groups excluding tert-OH is 3. The summed E-state index contributed by atoms with van der Waals surface area (Å²) in [4.78, 5) is 17.6. The molecule has 1 rings (SSSR count). The molecule has 7 nitrogen and oxygen atoms in total. The van der Waals surface area contributed by atoms with E-state index in [-0.39, 0.29) is 49.1 Å². The van der Waals surface area contributed by atoms with Crippen molar-refractivity contribution in [3.63, 3.8) is 0 Å². The number of aryl methyl sites for hydroxylation is 1. The highest BCUT2D eigenvalue weighted by atomic mass is 35.5. The lowest BCUT2D eigenvalue weighted by Crippen LogP contribution is -2.45. The zero-order valence-corrected chi connectivity index (χ0v) is 29.5. The quantitative estimate of drug-likeness (QED) is 0.163. The zero-order valence-electron chi connectivity index (χ0n) is 27.0. The minimum Gasteiger partial charge on any atom is -0.410 e. The molecule has 0 aliphatic rings. The molecule has 0 bridgehead atoms. The van der Waals surface area contributed by atoms with Crippen LogP contribution in [-0.4, -0.2) is 72.5 Å². The number of aliphatic hydroxyl groups is 3. The van der Waals surface area contributed by atoms with E-state index < -0.39 is 31.9 Å². The average molecular weight is 632 g/mol. The third-order valence-corrected chi connectivity index (χ3v) is 13.9. The Labute approximate surface area is 258 Å². The Morgan fingerprint density at radius 1 is 1.20 bits per heavy atom. The molecule has 0 aliphatic carbocycles. The Hall–Kier alpha value is -0.913. The van der Waals surface area contributed by atoms with Crippen molar-refractivity contribution in [1.82, 2.24) is 4.98 Å². The first kappa shape index (κ1) is 38.1. The van der Waals surface area contributed by atoms with Gasteiger partial charge in [-0.25, -0.2) is 4.98 Å². The monoisotopic (exact) mass is 631 g/mol. The Bertz CT molecular complexity index is 1030. The van der Waals surface area contributed by atoms with Crippen molar-refractivity contribution in [2.24, 2.45) is 17.3 Å². The SMILES string of the molecule is CC(=Cc1csc(C)n1)C(CC=C(Cl)COC[C@H](C)[C@H](O)[C@@H](C)C(=O)C(C)(C)[C@@H](O)CCO)O[Si](C)(C)C(C)(C)C. The molecule has 1 aromatic rings. The van der Waals surface area contributed by atoms with Crippen LogP contribution in [0.2, 0.25) is 18.1 Å². The second kappa shape index (κ2) is 16.2. The van der Waals surface area contributed by atoms with Gasteiger partial charge in [-0.15, -0.1) is 11.3 Å². The van der Waals surface area contributed by atoms with Gasteiger partial charge in [0.1, 0.15) is 5.78 Å². The number of thiazole rings is 1. The molecule has 1 heterocycles. The van der Waals surface area contributed by atoms with E-state index in [0.29, 0.717) is 11.5 Å². The van der Waals surface area contributed by atoms with Crippen LogP contribution < -0.4 is 0 Å². The highest BCUT2D eigenvalue weighted by molar-refractivity contribution is 7.09. The largest absolute Gasteiger partial charge is 0.410 e. The van der Waals surface area contributed by atoms with Gasteiger partial charge >= 0.3 is 0 Å². The van der Waals surface area contributed by atoms with E-state index in [1.165, 1.54) is 0 Å². The summed E-state index contributed by atoms with van der Waals surface area (Å²) in [5, 5.41) is 33.9. The Kier molecular flexibility index (Phi) is 15.1. The van der Waals surface area contributed by atoms with Gasteiger partial charge < -0.3 is 24.5 Å². The number of ketones is 1. The number of carbonyl (C=O) groups excluding carboxylic acids is 1. The van der Waals surface area contributed by atoms with E-state index in [1.807, 2.05) is 25.3 Å². The van der Waals surface area contributed by atoms with Gasteiger partial charge in [0.15, 0.2) is 8.32 Å². The first-order valence-electron chi connectivity index (χ1n) is 14.5. The lowest BCUT2D eigenvalue weighted by Gasteiger charge is -2.39. The first-order valence-corrected chi connectivity index (χ1v) is 18.6. The number of aromatic nitrogens is 1. The third kappa shape index (κ3) is 11.6. The van der Waals surface area contributed by atoms with E-state index in [0.717, 1.165) is 16.3 Å². The fourth-order valence-corrected chi connectivity index (χ4v) is 6.33. The molecular formula is C31H54ClNO6SSi. The van der Waals surface area contributed by atoms with Crippen LogP contribution in [0.3, 0.4) is 0 Å². The van der Waals surface area contributed by atoms with E-state index in [1.54, 1.807) is 32.1 Å². The Balaban J connectivity index is 2.85. The van der Waals surface area contributed by atoms with Crippen molar-refractivity contribution in [3.05, 3.63) is 32.8 Å². The topological polar surface area (TPSA) is 109 Å². The molecule has 0 fully saturated rings. The highest BCUT2D eigenvalue weighted by Crippen LogP contribution is 2.39. The van der Waals surface area contributed by atoms with Crippen LogP contribution in [0.25, 0.3) is 6.08 Å². The molecule has 0 amide bonds. The lowest BCUT2D eigenvalue weighted by atomic mass is 9.73. The summed E-state index contributed by atoms with van der Waals surface area (Å²) in [6, 6.07) is 0. The minimum absolute atomic E-state index is 0.0565. The number of hydrogen-bond donors (Lipinski definition) is 3. The number of carbonyl (C=O) groups is 1. The van der Waals surface area contributed by atoms with Crippen LogP contribution in [-0.2, 0) is 14.0 Å². The average Bonchev–Trinajstić information content (AvgIpc) is 3.28. The van der Waals surface area contributed by atoms with Crippen molar-refractivity contribution < 1.29 is 29.3 Å². The highest BCUT2D eigenvalue weighted by Gasteiger charge is 2.41. The lowest BCUT2D eigenvalue weighted by molar-refractivity contribution is -0.142. The number of halogens is 1. The van der Waals surface area contributed by atoms with Crippen molar-refractivity contribution in [2.45, 2.75) is 112 Å². The summed E-state index contributed by atoms with van der Waals surface area (Å²) in [5.41, 5.74) is 0.937. The second-order valence-electron chi connectivity index (χ2n) is 13.3. The van der Waals surface area contributed by atoms with Crippen molar-refractivity contribution in [2.75, 3.05) is 19.8 Å². The van der Waals surface area contributed by atoms with Gasteiger partial charge in [-0.1, -0.05) is 66.1 Å². The van der Waals surface area contributed by atoms with Gasteiger partial charge in [0, 0.05) is 34.3 Å². The predicted molar refractivity (Wildman–Crippen MR) is 173 cm³/mol. The predicted octanol–water partition coefficient (Wildman–Crippen LogP) is 6.75. The molecule has 0 aromatic carbocycles. The van der Waals surface area contributed by atoms with Gasteiger partial charge in [-0.05, 0) is 56.5 Å². The third-order valence-electron chi connectivity index (χ3n) is 8.32. The number of rotatable bonds is 17. The summed E-state index contributed by atoms with van der Waals surface area (Å²) in [7, 11) is -2.06. The maximum Gasteiger partial charge on any atom is 0.192 e. The van der Waals surface area contributed by atoms with Crippen LogP contribution in [0.1, 0.15) is 78.9 Å². The van der Waals surface area contributed by atoms with E-state index >= 15 is 0 Å². The van der Waals surface area contributed by atoms with Gasteiger partial charge in [-0.3, -0.25) is 4.79 Å². The van der Waals surface area contributed by atoms with Crippen molar-refractivity contribution in [1.29, 1.82) is 0 Å². The maximum atomic E-state index is 13.0. The van der Waals surface area contributed by atoms with Gasteiger partial charge in [0.05, 0.1) is 42.2 Å². The fourth-order valence-electron chi connectivity index (χ4n) is 4.25. The standard InChI is InChI=1S/C31H54ClNO6SSi/c1-20(16-25-19-40-23(4)33-25)26(39-41(10,11)30(5,6)7)13-12-24(32)18-38-17-21(2)28(36)22(3)29(37)31(8,9)27(35)14-15-34/h12,16,19,21-22,26-28,34-36H,13-15,17-18H2,1-11H3/t21-,22+,26?,27-,28-/m0/s1. The molecule has 1 unspecified atom stereocenters. The first-order chi connectivity index (χ1) is 18.7. The van der Waals surface area contributed by atoms with Crippen molar-refractivity contribution >= 4 is 43.1 Å². The van der Waals surface area contributed by atoms with E-state index in [2.05, 4.69) is 51.8 Å². The molecule has 0 radical (unpaired) electrons. The number of Topliss-reactive ketones (excluding diaryl/α,β-unsaturated/α-hetero) is 1. The molecule has 0 spiro atoms. The van der Waals surface area contributed by atoms with E-state index in [9.17, 15) is 15.0 Å². The van der Waals surface area contributed by atoms with Crippen LogP contribution in [0.15, 0.2) is 22.1 Å². The summed E-state index contributed by atoms with van der Waals surface area (Å²) in [5.74, 6) is -1.28. The van der Waals surface area contributed by atoms with Crippen LogP contribution >= 0.6 is 22.9 Å².